The van der Waals surface area contributed by atoms with Gasteiger partial charge in [0.25, 0.3) is 0 Å². The molecule has 1 aliphatic heterocycles. The van der Waals surface area contributed by atoms with Gasteiger partial charge in [0.05, 0.1) is 24.9 Å². The molecule has 1 heterocycles. The summed E-state index contributed by atoms with van der Waals surface area (Å²) >= 11 is 6.41. The van der Waals surface area contributed by atoms with Crippen LogP contribution in [-0.2, 0) is 11.2 Å². The molecule has 0 amide bonds. The Kier molecular flexibility index (Phi) is 5.38. The minimum absolute atomic E-state index is 0.162. The lowest BCUT2D eigenvalue weighted by Crippen LogP contribution is -2.46. The van der Waals surface area contributed by atoms with Gasteiger partial charge in [0.1, 0.15) is 18.0 Å². The molecule has 0 radical (unpaired) electrons. The summed E-state index contributed by atoms with van der Waals surface area (Å²) in [6, 6.07) is 13.4. The van der Waals surface area contributed by atoms with E-state index in [9.17, 15) is 15.3 Å². The molecule has 5 atom stereocenters. The van der Waals surface area contributed by atoms with Gasteiger partial charge < -0.3 is 24.8 Å². The van der Waals surface area contributed by atoms with Gasteiger partial charge in [0.2, 0.25) is 0 Å². The molecule has 1 saturated heterocycles. The Balaban J connectivity index is 1.56. The molecule has 6 heteroatoms. The fraction of sp³-hybridized carbons (Fsp3) is 0.455. The first-order chi connectivity index (χ1) is 13.5. The van der Waals surface area contributed by atoms with Gasteiger partial charge >= 0.3 is 0 Å². The van der Waals surface area contributed by atoms with Crippen LogP contribution in [0.2, 0.25) is 5.02 Å². The van der Waals surface area contributed by atoms with Crippen LogP contribution in [0.5, 0.6) is 5.75 Å². The summed E-state index contributed by atoms with van der Waals surface area (Å²) in [6.45, 7) is 2.41. The predicted molar refractivity (Wildman–Crippen MR) is 106 cm³/mol. The normalized spacial score (nSPS) is 31.3. The van der Waals surface area contributed by atoms with Gasteiger partial charge in [-0.15, -0.1) is 0 Å². The van der Waals surface area contributed by atoms with E-state index in [1.54, 1.807) is 12.1 Å². The highest BCUT2D eigenvalue weighted by Crippen LogP contribution is 2.56. The van der Waals surface area contributed by atoms with E-state index in [1.807, 2.05) is 37.3 Å². The first-order valence-corrected chi connectivity index (χ1v) is 10.00. The van der Waals surface area contributed by atoms with Gasteiger partial charge in [-0.05, 0) is 54.7 Å². The van der Waals surface area contributed by atoms with E-state index in [2.05, 4.69) is 0 Å². The average Bonchev–Trinajstić information content (AvgIpc) is 3.44. The number of ether oxygens (including phenoxy) is 2. The van der Waals surface area contributed by atoms with Crippen molar-refractivity contribution in [3.8, 4) is 5.75 Å². The minimum atomic E-state index is -1.04. The quantitative estimate of drug-likeness (QED) is 0.690. The Morgan fingerprint density at radius 3 is 2.57 bits per heavy atom. The monoisotopic (exact) mass is 404 g/mol. The van der Waals surface area contributed by atoms with Crippen LogP contribution in [0, 0.1) is 5.92 Å². The Morgan fingerprint density at radius 1 is 1.14 bits per heavy atom. The Hall–Kier alpha value is -1.63. The number of benzene rings is 2. The van der Waals surface area contributed by atoms with Crippen LogP contribution in [0.15, 0.2) is 42.5 Å². The van der Waals surface area contributed by atoms with Crippen LogP contribution in [0.1, 0.15) is 36.1 Å². The predicted octanol–water partition coefficient (Wildman–Crippen LogP) is 2.87. The summed E-state index contributed by atoms with van der Waals surface area (Å²) in [7, 11) is 0. The zero-order valence-electron chi connectivity index (χ0n) is 15.7. The SMILES string of the molecule is CCOc1ccc(Cc2cc(C3OC4(CO)CC4C(O)C3O)ccc2Cl)cc1. The van der Waals surface area contributed by atoms with Crippen molar-refractivity contribution in [1.29, 1.82) is 0 Å². The molecular formula is C22H25ClO5. The highest BCUT2D eigenvalue weighted by atomic mass is 35.5. The van der Waals surface area contributed by atoms with Crippen molar-refractivity contribution in [2.45, 2.75) is 43.7 Å². The molecule has 1 saturated carbocycles. The van der Waals surface area contributed by atoms with Gasteiger partial charge in [-0.2, -0.15) is 0 Å². The summed E-state index contributed by atoms with van der Waals surface area (Å²) < 4.78 is 11.5. The molecule has 4 rings (SSSR count). The van der Waals surface area contributed by atoms with Gasteiger partial charge in [-0.1, -0.05) is 35.9 Å². The lowest BCUT2D eigenvalue weighted by atomic mass is 9.91. The second kappa shape index (κ2) is 7.65. The summed E-state index contributed by atoms with van der Waals surface area (Å²) in [5, 5.41) is 31.2. The summed E-state index contributed by atoms with van der Waals surface area (Å²) in [5.41, 5.74) is 2.00. The number of hydrogen-bond acceptors (Lipinski definition) is 5. The largest absolute Gasteiger partial charge is 0.494 e. The number of aliphatic hydroxyl groups excluding tert-OH is 3. The minimum Gasteiger partial charge on any atom is -0.494 e. The second-order valence-corrected chi connectivity index (χ2v) is 8.06. The topological polar surface area (TPSA) is 79.2 Å². The third-order valence-corrected chi connectivity index (χ3v) is 6.18. The molecule has 5 nitrogen and oxygen atoms in total. The first-order valence-electron chi connectivity index (χ1n) is 9.62. The third kappa shape index (κ3) is 3.53. The van der Waals surface area contributed by atoms with E-state index >= 15 is 0 Å². The number of hydrogen-bond donors (Lipinski definition) is 3. The maximum atomic E-state index is 10.5. The van der Waals surface area contributed by atoms with Gasteiger partial charge in [0.15, 0.2) is 0 Å². The number of rotatable bonds is 6. The molecule has 1 aliphatic carbocycles. The Bertz CT molecular complexity index is 839. The van der Waals surface area contributed by atoms with Gasteiger partial charge in [-0.3, -0.25) is 0 Å². The smallest absolute Gasteiger partial charge is 0.119 e. The van der Waals surface area contributed by atoms with Crippen molar-refractivity contribution in [3.63, 3.8) is 0 Å². The molecule has 150 valence electrons. The zero-order chi connectivity index (χ0) is 19.9. The maximum Gasteiger partial charge on any atom is 0.119 e. The molecule has 2 aromatic rings. The van der Waals surface area contributed by atoms with Crippen molar-refractivity contribution in [2.75, 3.05) is 13.2 Å². The molecule has 3 N–H and O–H groups in total. The van der Waals surface area contributed by atoms with E-state index in [0.29, 0.717) is 24.5 Å². The third-order valence-electron chi connectivity index (χ3n) is 5.81. The van der Waals surface area contributed by atoms with Crippen molar-refractivity contribution < 1.29 is 24.8 Å². The van der Waals surface area contributed by atoms with Crippen molar-refractivity contribution in [3.05, 3.63) is 64.2 Å². The molecule has 0 spiro atoms. The van der Waals surface area contributed by atoms with Crippen LogP contribution in [0.4, 0.5) is 0 Å². The average molecular weight is 405 g/mol. The van der Waals surface area contributed by atoms with E-state index < -0.39 is 23.9 Å². The second-order valence-electron chi connectivity index (χ2n) is 7.66. The lowest BCUT2D eigenvalue weighted by molar-refractivity contribution is -0.186. The fourth-order valence-electron chi connectivity index (χ4n) is 4.10. The number of halogens is 1. The van der Waals surface area contributed by atoms with Crippen molar-refractivity contribution >= 4 is 11.6 Å². The zero-order valence-corrected chi connectivity index (χ0v) is 16.5. The molecule has 0 bridgehead atoms. The van der Waals surface area contributed by atoms with Crippen LogP contribution < -0.4 is 4.74 Å². The molecular weight excluding hydrogens is 380 g/mol. The Labute approximate surface area is 169 Å². The van der Waals surface area contributed by atoms with Gasteiger partial charge in [-0.25, -0.2) is 0 Å². The molecule has 2 aliphatic rings. The number of fused-ring (bicyclic) bond motifs is 1. The van der Waals surface area contributed by atoms with Crippen LogP contribution in [-0.4, -0.2) is 46.3 Å². The molecule has 2 fully saturated rings. The van der Waals surface area contributed by atoms with Crippen molar-refractivity contribution in [1.82, 2.24) is 0 Å². The fourth-order valence-corrected chi connectivity index (χ4v) is 4.29. The first kappa shape index (κ1) is 19.7. The summed E-state index contributed by atoms with van der Waals surface area (Å²) in [6.07, 6.45) is -1.46. The van der Waals surface area contributed by atoms with Gasteiger partial charge in [0, 0.05) is 10.9 Å². The Morgan fingerprint density at radius 2 is 1.89 bits per heavy atom. The highest BCUT2D eigenvalue weighted by Gasteiger charge is 2.65. The van der Waals surface area contributed by atoms with Crippen LogP contribution >= 0.6 is 11.6 Å². The van der Waals surface area contributed by atoms with Crippen molar-refractivity contribution in [2.24, 2.45) is 5.92 Å². The van der Waals surface area contributed by atoms with Crippen LogP contribution in [0.25, 0.3) is 0 Å². The van der Waals surface area contributed by atoms with E-state index in [-0.39, 0.29) is 12.5 Å². The molecule has 28 heavy (non-hydrogen) atoms. The maximum absolute atomic E-state index is 10.5. The van der Waals surface area contributed by atoms with E-state index in [4.69, 9.17) is 21.1 Å². The molecule has 5 unspecified atom stereocenters. The van der Waals surface area contributed by atoms with Crippen LogP contribution in [0.3, 0.4) is 0 Å². The summed E-state index contributed by atoms with van der Waals surface area (Å²) in [5.74, 6) is 0.617. The van der Waals surface area contributed by atoms with E-state index in [1.165, 1.54) is 0 Å². The lowest BCUT2D eigenvalue weighted by Gasteiger charge is -2.36. The molecule has 2 aromatic carbocycles. The highest BCUT2D eigenvalue weighted by molar-refractivity contribution is 6.31. The molecule has 0 aromatic heterocycles. The standard InChI is InChI=1S/C22H25ClO5/c1-2-27-16-6-3-13(4-7-16)9-15-10-14(5-8-18(15)23)21-20(26)19(25)17-11-22(17,12-24)28-21/h3-8,10,17,19-21,24-26H,2,9,11-12H2,1H3. The van der Waals surface area contributed by atoms with E-state index in [0.717, 1.165) is 22.4 Å². The summed E-state index contributed by atoms with van der Waals surface area (Å²) in [4.78, 5) is 0. The number of aliphatic hydroxyl groups is 3.